The molecular weight excluding hydrogens is 388 g/mol. The maximum Gasteiger partial charge on any atom is 0.234 e. The quantitative estimate of drug-likeness (QED) is 0.637. The third-order valence-corrected chi connectivity index (χ3v) is 6.63. The predicted octanol–water partition coefficient (Wildman–Crippen LogP) is 3.54. The number of anilines is 1. The van der Waals surface area contributed by atoms with Crippen molar-refractivity contribution in [1.29, 1.82) is 0 Å². The van der Waals surface area contributed by atoms with Gasteiger partial charge in [-0.1, -0.05) is 47.0 Å². The van der Waals surface area contributed by atoms with Crippen LogP contribution >= 0.6 is 34.9 Å². The van der Waals surface area contributed by atoms with E-state index in [1.165, 1.54) is 34.9 Å². The molecule has 6 nitrogen and oxygen atoms in total. The van der Waals surface area contributed by atoms with Gasteiger partial charge in [0.1, 0.15) is 0 Å². The van der Waals surface area contributed by atoms with E-state index in [9.17, 15) is 9.59 Å². The number of aromatic nitrogens is 2. The fourth-order valence-corrected chi connectivity index (χ4v) is 4.87. The summed E-state index contributed by atoms with van der Waals surface area (Å²) in [5, 5.41) is 11.0. The molecule has 0 spiro atoms. The van der Waals surface area contributed by atoms with E-state index in [4.69, 9.17) is 0 Å². The van der Waals surface area contributed by atoms with Crippen molar-refractivity contribution in [3.05, 3.63) is 29.8 Å². The van der Waals surface area contributed by atoms with Crippen LogP contribution < -0.4 is 5.32 Å². The van der Waals surface area contributed by atoms with E-state index in [2.05, 4.69) is 15.5 Å². The van der Waals surface area contributed by atoms with Crippen LogP contribution in [0.15, 0.2) is 32.9 Å². The van der Waals surface area contributed by atoms with Crippen LogP contribution in [0.4, 0.5) is 5.69 Å². The number of aryl methyl sites for hydroxylation is 1. The van der Waals surface area contributed by atoms with Gasteiger partial charge in [0.05, 0.1) is 11.5 Å². The highest BCUT2D eigenvalue weighted by Crippen LogP contribution is 2.29. The number of nitrogens with one attached hydrogen (secondary N) is 1. The Morgan fingerprint density at radius 2 is 1.77 bits per heavy atom. The number of carbonyl (C=O) groups is 2. The van der Waals surface area contributed by atoms with Crippen molar-refractivity contribution in [2.24, 2.45) is 0 Å². The summed E-state index contributed by atoms with van der Waals surface area (Å²) in [7, 11) is 0. The van der Waals surface area contributed by atoms with Crippen LogP contribution in [-0.4, -0.2) is 51.5 Å². The third kappa shape index (κ3) is 6.62. The molecule has 1 aromatic heterocycles. The number of hydrogen-bond acceptors (Lipinski definition) is 7. The normalized spacial score (nSPS) is 10.6. The number of amides is 2. The minimum Gasteiger partial charge on any atom is -0.343 e. The Morgan fingerprint density at radius 3 is 2.38 bits per heavy atom. The molecule has 0 aliphatic heterocycles. The van der Waals surface area contributed by atoms with Crippen LogP contribution in [0.25, 0.3) is 0 Å². The van der Waals surface area contributed by atoms with Crippen molar-refractivity contribution in [2.45, 2.75) is 29.5 Å². The molecule has 2 rings (SSSR count). The summed E-state index contributed by atoms with van der Waals surface area (Å²) in [5.41, 5.74) is 1.89. The molecule has 1 N–H and O–H groups in total. The predicted molar refractivity (Wildman–Crippen MR) is 109 cm³/mol. The molecule has 1 aromatic carbocycles. The van der Waals surface area contributed by atoms with Gasteiger partial charge in [-0.15, -0.1) is 10.2 Å². The fourth-order valence-electron chi connectivity index (χ4n) is 2.15. The number of benzene rings is 1. The summed E-state index contributed by atoms with van der Waals surface area (Å²) < 4.78 is 1.47. The second-order valence-corrected chi connectivity index (χ2v) is 8.82. The van der Waals surface area contributed by atoms with Gasteiger partial charge in [0.2, 0.25) is 11.8 Å². The highest BCUT2D eigenvalue weighted by atomic mass is 32.2. The minimum absolute atomic E-state index is 0.0817. The lowest BCUT2D eigenvalue weighted by atomic mass is 10.2. The van der Waals surface area contributed by atoms with Gasteiger partial charge in [-0.3, -0.25) is 9.59 Å². The van der Waals surface area contributed by atoms with Crippen molar-refractivity contribution in [3.63, 3.8) is 0 Å². The van der Waals surface area contributed by atoms with Gasteiger partial charge in [-0.2, -0.15) is 0 Å². The molecular formula is C17H22N4O2S3. The van der Waals surface area contributed by atoms with Gasteiger partial charge in [-0.05, 0) is 38.5 Å². The van der Waals surface area contributed by atoms with E-state index in [0.29, 0.717) is 18.8 Å². The van der Waals surface area contributed by atoms with Gasteiger partial charge in [-0.25, -0.2) is 0 Å². The average molecular weight is 411 g/mol. The first-order chi connectivity index (χ1) is 12.5. The van der Waals surface area contributed by atoms with Crippen LogP contribution in [0.3, 0.4) is 0 Å². The number of rotatable bonds is 9. The van der Waals surface area contributed by atoms with E-state index in [0.717, 1.165) is 19.9 Å². The molecule has 0 saturated carbocycles. The molecule has 0 atom stereocenters. The summed E-state index contributed by atoms with van der Waals surface area (Å²) in [6, 6.07) is 7.68. The Morgan fingerprint density at radius 1 is 1.12 bits per heavy atom. The standard InChI is InChI=1S/C17H22N4O2S3/c1-4-21(5-2)15(23)11-25-17-20-19-16(26-17)24-10-14(22)18-13-8-6-7-12(3)9-13/h6-9H,4-5,10-11H2,1-3H3,(H,18,22). The summed E-state index contributed by atoms with van der Waals surface area (Å²) in [6.07, 6.45) is 0. The fraction of sp³-hybridized carbons (Fsp3) is 0.412. The zero-order valence-corrected chi connectivity index (χ0v) is 17.5. The number of thioether (sulfide) groups is 2. The Hall–Kier alpha value is -1.58. The Bertz CT molecular complexity index is 747. The molecule has 0 unspecified atom stereocenters. The number of carbonyl (C=O) groups excluding carboxylic acids is 2. The highest BCUT2D eigenvalue weighted by Gasteiger charge is 2.13. The van der Waals surface area contributed by atoms with Gasteiger partial charge in [0.25, 0.3) is 0 Å². The second kappa shape index (κ2) is 10.5. The van der Waals surface area contributed by atoms with E-state index < -0.39 is 0 Å². The van der Waals surface area contributed by atoms with Crippen LogP contribution in [0.2, 0.25) is 0 Å². The third-order valence-electron chi connectivity index (χ3n) is 3.45. The monoisotopic (exact) mass is 410 g/mol. The number of nitrogens with zero attached hydrogens (tertiary/aromatic N) is 3. The summed E-state index contributed by atoms with van der Waals surface area (Å²) >= 11 is 4.14. The molecule has 0 aliphatic rings. The summed E-state index contributed by atoms with van der Waals surface area (Å²) in [5.74, 6) is 0.643. The maximum atomic E-state index is 12.0. The highest BCUT2D eigenvalue weighted by molar-refractivity contribution is 8.03. The molecule has 140 valence electrons. The number of hydrogen-bond donors (Lipinski definition) is 1. The average Bonchev–Trinajstić information content (AvgIpc) is 3.07. The summed E-state index contributed by atoms with van der Waals surface area (Å²) in [6.45, 7) is 7.34. The zero-order chi connectivity index (χ0) is 18.9. The van der Waals surface area contributed by atoms with E-state index in [-0.39, 0.29) is 17.6 Å². The molecule has 26 heavy (non-hydrogen) atoms. The Kier molecular flexibility index (Phi) is 8.40. The minimum atomic E-state index is -0.0817. The van der Waals surface area contributed by atoms with Crippen LogP contribution in [0.1, 0.15) is 19.4 Å². The lowest BCUT2D eigenvalue weighted by Gasteiger charge is -2.17. The van der Waals surface area contributed by atoms with Crippen molar-refractivity contribution in [2.75, 3.05) is 29.9 Å². The molecule has 0 saturated heterocycles. The summed E-state index contributed by atoms with van der Waals surface area (Å²) in [4.78, 5) is 25.8. The lowest BCUT2D eigenvalue weighted by Crippen LogP contribution is -2.31. The molecule has 1 heterocycles. The molecule has 9 heteroatoms. The molecule has 0 radical (unpaired) electrons. The Labute approximate surface area is 166 Å². The van der Waals surface area contributed by atoms with Crippen molar-refractivity contribution in [3.8, 4) is 0 Å². The first-order valence-corrected chi connectivity index (χ1v) is 11.0. The molecule has 0 bridgehead atoms. The van der Waals surface area contributed by atoms with Gasteiger partial charge in [0.15, 0.2) is 8.68 Å². The second-order valence-electron chi connectivity index (χ2n) is 5.39. The van der Waals surface area contributed by atoms with Gasteiger partial charge in [0, 0.05) is 18.8 Å². The first-order valence-electron chi connectivity index (χ1n) is 8.25. The smallest absolute Gasteiger partial charge is 0.234 e. The lowest BCUT2D eigenvalue weighted by molar-refractivity contribution is -0.128. The largest absolute Gasteiger partial charge is 0.343 e. The molecule has 2 aromatic rings. The Balaban J connectivity index is 1.77. The van der Waals surface area contributed by atoms with Gasteiger partial charge < -0.3 is 10.2 Å². The molecule has 0 aliphatic carbocycles. The molecule has 2 amide bonds. The van der Waals surface area contributed by atoms with E-state index in [1.54, 1.807) is 4.90 Å². The van der Waals surface area contributed by atoms with Crippen LogP contribution in [0, 0.1) is 6.92 Å². The van der Waals surface area contributed by atoms with Crippen molar-refractivity contribution in [1.82, 2.24) is 15.1 Å². The van der Waals surface area contributed by atoms with Crippen molar-refractivity contribution >= 4 is 52.4 Å². The van der Waals surface area contributed by atoms with Crippen LogP contribution in [0.5, 0.6) is 0 Å². The SMILES string of the molecule is CCN(CC)C(=O)CSc1nnc(SCC(=O)Nc2cccc(C)c2)s1. The van der Waals surface area contributed by atoms with E-state index >= 15 is 0 Å². The van der Waals surface area contributed by atoms with Gasteiger partial charge >= 0.3 is 0 Å². The van der Waals surface area contributed by atoms with E-state index in [1.807, 2.05) is 45.0 Å². The topological polar surface area (TPSA) is 75.2 Å². The van der Waals surface area contributed by atoms with Crippen LogP contribution in [-0.2, 0) is 9.59 Å². The molecule has 0 fully saturated rings. The maximum absolute atomic E-state index is 12.0. The zero-order valence-electron chi connectivity index (χ0n) is 15.0. The van der Waals surface area contributed by atoms with Crippen molar-refractivity contribution < 1.29 is 9.59 Å². The first kappa shape index (κ1) is 20.7.